The molecule has 9 heteroatoms. The van der Waals surface area contributed by atoms with Crippen LogP contribution in [0.5, 0.6) is 11.8 Å². The second kappa shape index (κ2) is 4.76. The zero-order valence-electron chi connectivity index (χ0n) is 9.63. The minimum Gasteiger partial charge on any atom is -0.492 e. The van der Waals surface area contributed by atoms with E-state index in [0.29, 0.717) is 12.3 Å². The SMILES string of the molecule is O=C(On1c(O)ccc1O)c1cnccc1C(F)(F)F. The molecule has 0 aliphatic rings. The van der Waals surface area contributed by atoms with Gasteiger partial charge in [0, 0.05) is 24.5 Å². The molecule has 6 nitrogen and oxygen atoms in total. The fraction of sp³-hybridized carbons (Fsp3) is 0.0909. The Morgan fingerprint density at radius 1 is 1.20 bits per heavy atom. The molecule has 2 N–H and O–H groups in total. The fourth-order valence-corrected chi connectivity index (χ4v) is 1.43. The van der Waals surface area contributed by atoms with Crippen LogP contribution in [0.1, 0.15) is 15.9 Å². The predicted molar refractivity (Wildman–Crippen MR) is 57.9 cm³/mol. The summed E-state index contributed by atoms with van der Waals surface area (Å²) in [6, 6.07) is 2.61. The van der Waals surface area contributed by atoms with Gasteiger partial charge in [-0.15, -0.1) is 4.73 Å². The first-order chi connectivity index (χ1) is 9.30. The summed E-state index contributed by atoms with van der Waals surface area (Å²) in [7, 11) is 0. The number of rotatable bonds is 2. The van der Waals surface area contributed by atoms with E-state index in [1.807, 2.05) is 0 Å². The lowest BCUT2D eigenvalue weighted by Crippen LogP contribution is -2.23. The minimum atomic E-state index is -4.77. The molecule has 0 unspecified atom stereocenters. The second-order valence-corrected chi connectivity index (χ2v) is 3.64. The van der Waals surface area contributed by atoms with Crippen LogP contribution < -0.4 is 4.84 Å². The van der Waals surface area contributed by atoms with Gasteiger partial charge in [-0.25, -0.2) is 4.79 Å². The van der Waals surface area contributed by atoms with Gasteiger partial charge in [0.2, 0.25) is 11.8 Å². The maximum atomic E-state index is 12.7. The van der Waals surface area contributed by atoms with Gasteiger partial charge in [-0.3, -0.25) is 4.98 Å². The van der Waals surface area contributed by atoms with Crippen LogP contribution in [0.4, 0.5) is 13.2 Å². The molecule has 0 aliphatic heterocycles. The number of aromatic hydroxyl groups is 2. The Morgan fingerprint density at radius 2 is 1.80 bits per heavy atom. The average Bonchev–Trinajstić information content (AvgIpc) is 2.69. The van der Waals surface area contributed by atoms with E-state index < -0.39 is 35.0 Å². The molecule has 2 aromatic rings. The Morgan fingerprint density at radius 3 is 2.35 bits per heavy atom. The Labute approximate surface area is 109 Å². The summed E-state index contributed by atoms with van der Waals surface area (Å²) in [5.74, 6) is -2.71. The van der Waals surface area contributed by atoms with Crippen molar-refractivity contribution < 1.29 is 33.0 Å². The molecule has 0 radical (unpaired) electrons. The number of carbonyl (C=O) groups excluding carboxylic acids is 1. The maximum absolute atomic E-state index is 12.7. The van der Waals surface area contributed by atoms with Crippen molar-refractivity contribution >= 4 is 5.97 Å². The standard InChI is InChI=1S/C11H7F3N2O4/c12-11(13,14)7-3-4-15-5-6(7)10(19)20-16-8(17)1-2-9(16)18/h1-5,17-18H. The third-order valence-electron chi connectivity index (χ3n) is 2.32. The van der Waals surface area contributed by atoms with Gasteiger partial charge >= 0.3 is 12.1 Å². The van der Waals surface area contributed by atoms with Crippen LogP contribution >= 0.6 is 0 Å². The molecule has 0 amide bonds. The van der Waals surface area contributed by atoms with Crippen molar-refractivity contribution in [1.82, 2.24) is 9.71 Å². The van der Waals surface area contributed by atoms with Crippen molar-refractivity contribution in [3.63, 3.8) is 0 Å². The Bertz CT molecular complexity index is 632. The minimum absolute atomic E-state index is 0.287. The van der Waals surface area contributed by atoms with E-state index in [1.165, 1.54) is 0 Å². The van der Waals surface area contributed by atoms with Crippen molar-refractivity contribution in [3.05, 3.63) is 41.7 Å². The van der Waals surface area contributed by atoms with Gasteiger partial charge in [0.1, 0.15) is 0 Å². The topological polar surface area (TPSA) is 84.6 Å². The Balaban J connectivity index is 2.36. The van der Waals surface area contributed by atoms with Crippen molar-refractivity contribution in [2.24, 2.45) is 0 Å². The molecule has 0 saturated carbocycles. The fourth-order valence-electron chi connectivity index (χ4n) is 1.43. The van der Waals surface area contributed by atoms with Crippen LogP contribution in [0.2, 0.25) is 0 Å². The molecular formula is C11H7F3N2O4. The highest BCUT2D eigenvalue weighted by atomic mass is 19.4. The zero-order chi connectivity index (χ0) is 14.9. The monoisotopic (exact) mass is 288 g/mol. The van der Waals surface area contributed by atoms with Crippen LogP contribution in [-0.4, -0.2) is 25.9 Å². The van der Waals surface area contributed by atoms with E-state index in [2.05, 4.69) is 9.82 Å². The van der Waals surface area contributed by atoms with Crippen LogP contribution in [-0.2, 0) is 6.18 Å². The zero-order valence-corrected chi connectivity index (χ0v) is 9.63. The van der Waals surface area contributed by atoms with Gasteiger partial charge in [-0.2, -0.15) is 13.2 Å². The molecule has 2 heterocycles. The molecule has 2 aromatic heterocycles. The highest BCUT2D eigenvalue weighted by Crippen LogP contribution is 2.31. The van der Waals surface area contributed by atoms with E-state index in [1.54, 1.807) is 0 Å². The molecule has 106 valence electrons. The number of hydrogen-bond acceptors (Lipinski definition) is 5. The van der Waals surface area contributed by atoms with Crippen LogP contribution in [0.25, 0.3) is 0 Å². The van der Waals surface area contributed by atoms with E-state index in [-0.39, 0.29) is 4.73 Å². The molecule has 0 bridgehead atoms. The summed E-state index contributed by atoms with van der Waals surface area (Å²) in [5, 5.41) is 18.5. The van der Waals surface area contributed by atoms with E-state index in [9.17, 15) is 28.2 Å². The van der Waals surface area contributed by atoms with Crippen LogP contribution in [0, 0.1) is 0 Å². The van der Waals surface area contributed by atoms with Crippen molar-refractivity contribution in [1.29, 1.82) is 0 Å². The molecular weight excluding hydrogens is 281 g/mol. The normalized spacial score (nSPS) is 11.3. The third-order valence-corrected chi connectivity index (χ3v) is 2.32. The van der Waals surface area contributed by atoms with Crippen molar-refractivity contribution in [2.75, 3.05) is 0 Å². The summed E-state index contributed by atoms with van der Waals surface area (Å²) in [4.78, 5) is 19.6. The molecule has 0 atom stereocenters. The molecule has 0 aliphatic carbocycles. The Hall–Kier alpha value is -2.71. The summed E-state index contributed by atoms with van der Waals surface area (Å²) in [5.41, 5.74) is -2.07. The van der Waals surface area contributed by atoms with E-state index in [0.717, 1.165) is 18.3 Å². The molecule has 2 rings (SSSR count). The number of aromatic nitrogens is 2. The first-order valence-electron chi connectivity index (χ1n) is 5.14. The molecule has 0 spiro atoms. The van der Waals surface area contributed by atoms with Gasteiger partial charge in [-0.1, -0.05) is 0 Å². The highest BCUT2D eigenvalue weighted by molar-refractivity contribution is 5.91. The number of alkyl halides is 3. The summed E-state index contributed by atoms with van der Waals surface area (Å²) >= 11 is 0. The lowest BCUT2D eigenvalue weighted by Gasteiger charge is -2.12. The Kier molecular flexibility index (Phi) is 3.26. The molecule has 20 heavy (non-hydrogen) atoms. The maximum Gasteiger partial charge on any atom is 0.417 e. The largest absolute Gasteiger partial charge is 0.492 e. The van der Waals surface area contributed by atoms with Gasteiger partial charge < -0.3 is 15.1 Å². The quantitative estimate of drug-likeness (QED) is 0.876. The van der Waals surface area contributed by atoms with Gasteiger partial charge in [0.25, 0.3) is 0 Å². The van der Waals surface area contributed by atoms with E-state index in [4.69, 9.17) is 0 Å². The molecule has 0 aromatic carbocycles. The molecule has 0 saturated heterocycles. The predicted octanol–water partition coefficient (Wildman–Crippen LogP) is 1.58. The lowest BCUT2D eigenvalue weighted by atomic mass is 10.1. The highest BCUT2D eigenvalue weighted by Gasteiger charge is 2.36. The third kappa shape index (κ3) is 2.51. The van der Waals surface area contributed by atoms with Crippen molar-refractivity contribution in [2.45, 2.75) is 6.18 Å². The number of carbonyl (C=O) groups is 1. The first kappa shape index (κ1) is 13.7. The number of hydrogen-bond donors (Lipinski definition) is 2. The summed E-state index contributed by atoms with van der Waals surface area (Å²) < 4.78 is 38.4. The van der Waals surface area contributed by atoms with Crippen LogP contribution in [0.15, 0.2) is 30.6 Å². The second-order valence-electron chi connectivity index (χ2n) is 3.64. The smallest absolute Gasteiger partial charge is 0.417 e. The number of nitrogens with zero attached hydrogens (tertiary/aromatic N) is 2. The van der Waals surface area contributed by atoms with Gasteiger partial charge in [-0.05, 0) is 6.07 Å². The average molecular weight is 288 g/mol. The summed E-state index contributed by atoms with van der Waals surface area (Å²) in [6.45, 7) is 0. The van der Waals surface area contributed by atoms with Crippen LogP contribution in [0.3, 0.4) is 0 Å². The number of halogens is 3. The summed E-state index contributed by atoms with van der Waals surface area (Å²) in [6.07, 6.45) is -3.20. The van der Waals surface area contributed by atoms with Gasteiger partial charge in [0.15, 0.2) is 0 Å². The van der Waals surface area contributed by atoms with Gasteiger partial charge in [0.05, 0.1) is 11.1 Å². The van der Waals surface area contributed by atoms with E-state index >= 15 is 0 Å². The van der Waals surface area contributed by atoms with Crippen molar-refractivity contribution in [3.8, 4) is 11.8 Å². The number of pyridine rings is 1. The first-order valence-corrected chi connectivity index (χ1v) is 5.14. The molecule has 0 fully saturated rings. The lowest BCUT2D eigenvalue weighted by molar-refractivity contribution is -0.138.